The molecule has 130 valence electrons. The fourth-order valence-electron chi connectivity index (χ4n) is 2.85. The molecule has 0 saturated heterocycles. The number of primary sulfonamides is 1. The lowest BCUT2D eigenvalue weighted by Crippen LogP contribution is -2.11. The van der Waals surface area contributed by atoms with Gasteiger partial charge < -0.3 is 4.98 Å². The van der Waals surface area contributed by atoms with Gasteiger partial charge in [-0.3, -0.25) is 4.79 Å². The van der Waals surface area contributed by atoms with Gasteiger partial charge in [0, 0.05) is 11.8 Å². The Morgan fingerprint density at radius 1 is 0.962 bits per heavy atom. The standard InChI is InChI=1S/C18H14N4O3S/c19-26(24,25)14-8-6-12(7-9-14)17-16-15(10-11-20-18(16)23)22(21-17)13-4-2-1-3-5-13/h1-11H,(H,20,23)(H2,19,24,25). The van der Waals surface area contributed by atoms with Gasteiger partial charge in [0.15, 0.2) is 0 Å². The van der Waals surface area contributed by atoms with Crippen molar-refractivity contribution in [3.8, 4) is 16.9 Å². The van der Waals surface area contributed by atoms with Gasteiger partial charge in [-0.05, 0) is 30.3 Å². The second kappa shape index (κ2) is 5.94. The van der Waals surface area contributed by atoms with Gasteiger partial charge in [0.05, 0.1) is 21.5 Å². The normalized spacial score (nSPS) is 11.7. The zero-order valence-corrected chi connectivity index (χ0v) is 14.3. The van der Waals surface area contributed by atoms with Crippen LogP contribution in [-0.4, -0.2) is 23.2 Å². The van der Waals surface area contributed by atoms with Crippen molar-refractivity contribution in [2.45, 2.75) is 4.90 Å². The average molecular weight is 366 g/mol. The first-order valence-electron chi connectivity index (χ1n) is 7.74. The number of benzene rings is 2. The molecule has 0 unspecified atom stereocenters. The quantitative estimate of drug-likeness (QED) is 0.578. The molecule has 4 rings (SSSR count). The number of nitrogens with one attached hydrogen (secondary N) is 1. The number of aromatic nitrogens is 3. The summed E-state index contributed by atoms with van der Waals surface area (Å²) in [5, 5.41) is 10.2. The Labute approximate surface area is 148 Å². The Morgan fingerprint density at radius 3 is 2.31 bits per heavy atom. The first-order valence-corrected chi connectivity index (χ1v) is 9.29. The topological polar surface area (TPSA) is 111 Å². The molecule has 0 fully saturated rings. The molecule has 0 aliphatic carbocycles. The van der Waals surface area contributed by atoms with E-state index in [0.29, 0.717) is 22.2 Å². The summed E-state index contributed by atoms with van der Waals surface area (Å²) in [7, 11) is -3.78. The highest BCUT2D eigenvalue weighted by molar-refractivity contribution is 7.89. The molecule has 2 aromatic carbocycles. The zero-order valence-electron chi connectivity index (χ0n) is 13.5. The summed E-state index contributed by atoms with van der Waals surface area (Å²) in [4.78, 5) is 15.1. The molecular weight excluding hydrogens is 352 g/mol. The molecule has 0 aliphatic rings. The van der Waals surface area contributed by atoms with E-state index in [-0.39, 0.29) is 10.5 Å². The Balaban J connectivity index is 1.98. The van der Waals surface area contributed by atoms with Gasteiger partial charge in [-0.1, -0.05) is 30.3 Å². The molecule has 4 aromatic rings. The highest BCUT2D eigenvalue weighted by Crippen LogP contribution is 2.28. The minimum atomic E-state index is -3.78. The van der Waals surface area contributed by atoms with Crippen LogP contribution in [0.4, 0.5) is 0 Å². The number of aromatic amines is 1. The van der Waals surface area contributed by atoms with E-state index < -0.39 is 10.0 Å². The summed E-state index contributed by atoms with van der Waals surface area (Å²) >= 11 is 0. The third-order valence-corrected chi connectivity index (χ3v) is 4.99. The SMILES string of the molecule is NS(=O)(=O)c1ccc(-c2nn(-c3ccccc3)c3cc[nH]c(=O)c23)cc1. The number of nitrogens with two attached hydrogens (primary N) is 1. The molecule has 0 bridgehead atoms. The van der Waals surface area contributed by atoms with Gasteiger partial charge in [0.2, 0.25) is 10.0 Å². The maximum absolute atomic E-state index is 12.4. The van der Waals surface area contributed by atoms with Gasteiger partial charge in [-0.25, -0.2) is 18.2 Å². The fraction of sp³-hybridized carbons (Fsp3) is 0. The summed E-state index contributed by atoms with van der Waals surface area (Å²) in [5.41, 5.74) is 2.29. The maximum atomic E-state index is 12.4. The molecule has 3 N–H and O–H groups in total. The molecule has 0 radical (unpaired) electrons. The summed E-state index contributed by atoms with van der Waals surface area (Å²) in [5.74, 6) is 0. The number of rotatable bonds is 3. The zero-order chi connectivity index (χ0) is 18.3. The Morgan fingerprint density at radius 2 is 1.65 bits per heavy atom. The predicted octanol–water partition coefficient (Wildman–Crippen LogP) is 2.03. The highest BCUT2D eigenvalue weighted by atomic mass is 32.2. The van der Waals surface area contributed by atoms with Crippen LogP contribution in [0.25, 0.3) is 27.8 Å². The lowest BCUT2D eigenvalue weighted by molar-refractivity contribution is 0.598. The van der Waals surface area contributed by atoms with Gasteiger partial charge in [-0.2, -0.15) is 5.10 Å². The summed E-state index contributed by atoms with van der Waals surface area (Å²) < 4.78 is 24.6. The van der Waals surface area contributed by atoms with E-state index in [1.54, 1.807) is 29.1 Å². The van der Waals surface area contributed by atoms with E-state index in [0.717, 1.165) is 5.69 Å². The molecule has 2 heterocycles. The highest BCUT2D eigenvalue weighted by Gasteiger charge is 2.17. The number of hydrogen-bond acceptors (Lipinski definition) is 4. The summed E-state index contributed by atoms with van der Waals surface area (Å²) in [6.07, 6.45) is 1.57. The molecule has 0 spiro atoms. The number of fused-ring (bicyclic) bond motifs is 1. The number of nitrogens with zero attached hydrogens (tertiary/aromatic N) is 2. The van der Waals surface area contributed by atoms with Crippen LogP contribution in [0, 0.1) is 0 Å². The minimum Gasteiger partial charge on any atom is -0.328 e. The average Bonchev–Trinajstić information content (AvgIpc) is 3.03. The number of pyridine rings is 1. The Kier molecular flexibility index (Phi) is 3.71. The van der Waals surface area contributed by atoms with E-state index in [1.807, 2.05) is 30.3 Å². The van der Waals surface area contributed by atoms with Crippen molar-refractivity contribution in [3.05, 3.63) is 77.2 Å². The molecule has 26 heavy (non-hydrogen) atoms. The first-order chi connectivity index (χ1) is 12.4. The number of H-pyrrole nitrogens is 1. The molecular formula is C18H14N4O3S. The van der Waals surface area contributed by atoms with Crippen LogP contribution >= 0.6 is 0 Å². The van der Waals surface area contributed by atoms with Crippen LogP contribution in [0.2, 0.25) is 0 Å². The molecule has 0 saturated carbocycles. The van der Waals surface area contributed by atoms with Gasteiger partial charge >= 0.3 is 0 Å². The maximum Gasteiger partial charge on any atom is 0.259 e. The van der Waals surface area contributed by atoms with Crippen molar-refractivity contribution in [2.24, 2.45) is 5.14 Å². The second-order valence-electron chi connectivity index (χ2n) is 5.73. The minimum absolute atomic E-state index is 0.00181. The van der Waals surface area contributed by atoms with Crippen molar-refractivity contribution in [1.29, 1.82) is 0 Å². The lowest BCUT2D eigenvalue weighted by atomic mass is 10.1. The van der Waals surface area contributed by atoms with E-state index in [2.05, 4.69) is 10.1 Å². The largest absolute Gasteiger partial charge is 0.328 e. The lowest BCUT2D eigenvalue weighted by Gasteiger charge is -2.02. The van der Waals surface area contributed by atoms with Crippen molar-refractivity contribution in [1.82, 2.24) is 14.8 Å². The van der Waals surface area contributed by atoms with Crippen molar-refractivity contribution < 1.29 is 8.42 Å². The van der Waals surface area contributed by atoms with Crippen LogP contribution in [0.15, 0.2) is 76.6 Å². The van der Waals surface area contributed by atoms with Crippen molar-refractivity contribution in [2.75, 3.05) is 0 Å². The van der Waals surface area contributed by atoms with Crippen molar-refractivity contribution >= 4 is 20.9 Å². The first kappa shape index (κ1) is 16.2. The molecule has 7 nitrogen and oxygen atoms in total. The van der Waals surface area contributed by atoms with Crippen LogP contribution in [0.5, 0.6) is 0 Å². The Bertz CT molecular complexity index is 1260. The van der Waals surface area contributed by atoms with Gasteiger partial charge in [0.25, 0.3) is 5.56 Å². The molecule has 8 heteroatoms. The van der Waals surface area contributed by atoms with Crippen LogP contribution in [-0.2, 0) is 10.0 Å². The monoisotopic (exact) mass is 366 g/mol. The van der Waals surface area contributed by atoms with Crippen LogP contribution in [0.3, 0.4) is 0 Å². The van der Waals surface area contributed by atoms with Crippen molar-refractivity contribution in [3.63, 3.8) is 0 Å². The third-order valence-electron chi connectivity index (χ3n) is 4.06. The van der Waals surface area contributed by atoms with Crippen LogP contribution < -0.4 is 10.7 Å². The second-order valence-corrected chi connectivity index (χ2v) is 7.29. The number of para-hydroxylation sites is 1. The van der Waals surface area contributed by atoms with Gasteiger partial charge in [-0.15, -0.1) is 0 Å². The van der Waals surface area contributed by atoms with Crippen LogP contribution in [0.1, 0.15) is 0 Å². The Hall–Kier alpha value is -3.23. The third kappa shape index (κ3) is 2.71. The smallest absolute Gasteiger partial charge is 0.259 e. The molecule has 0 aliphatic heterocycles. The fourth-order valence-corrected chi connectivity index (χ4v) is 3.36. The van der Waals surface area contributed by atoms with E-state index in [9.17, 15) is 13.2 Å². The summed E-state index contributed by atoms with van der Waals surface area (Å²) in [6.45, 7) is 0. The van der Waals surface area contributed by atoms with E-state index in [4.69, 9.17) is 5.14 Å². The van der Waals surface area contributed by atoms with Gasteiger partial charge in [0.1, 0.15) is 5.69 Å². The number of hydrogen-bond donors (Lipinski definition) is 2. The predicted molar refractivity (Wildman–Crippen MR) is 98.5 cm³/mol. The molecule has 2 aromatic heterocycles. The molecule has 0 amide bonds. The van der Waals surface area contributed by atoms with E-state index >= 15 is 0 Å². The molecule has 0 atom stereocenters. The number of sulfonamides is 1. The van der Waals surface area contributed by atoms with E-state index in [1.165, 1.54) is 12.1 Å². The summed E-state index contributed by atoms with van der Waals surface area (Å²) in [6, 6.07) is 17.2.